The second kappa shape index (κ2) is 4.10. The van der Waals surface area contributed by atoms with Crippen LogP contribution in [0.25, 0.3) is 0 Å². The molecule has 17 heavy (non-hydrogen) atoms. The Labute approximate surface area is 102 Å². The van der Waals surface area contributed by atoms with E-state index in [4.69, 9.17) is 18.9 Å². The van der Waals surface area contributed by atoms with E-state index in [2.05, 4.69) is 6.92 Å². The van der Waals surface area contributed by atoms with Crippen LogP contribution in [-0.2, 0) is 18.9 Å². The van der Waals surface area contributed by atoms with Crippen LogP contribution in [0.1, 0.15) is 27.2 Å². The molecular formula is C12H21O5+. The molecule has 0 amide bonds. The van der Waals surface area contributed by atoms with Gasteiger partial charge >= 0.3 is 5.79 Å². The summed E-state index contributed by atoms with van der Waals surface area (Å²) in [6, 6.07) is 0. The van der Waals surface area contributed by atoms with Gasteiger partial charge in [-0.25, -0.2) is 0 Å². The van der Waals surface area contributed by atoms with Crippen LogP contribution in [0.3, 0.4) is 0 Å². The number of fused-ring (bicyclic) bond motifs is 1. The number of ether oxygens (including phenoxy) is 4. The van der Waals surface area contributed by atoms with E-state index < -0.39 is 23.8 Å². The SMILES string of the molecule is [CH2+]C1(C)O[C@H]2O[C@@](CC)([C@@H](C)O)[C@H](OC)[C@H]2O1. The van der Waals surface area contributed by atoms with Crippen LogP contribution in [0, 0.1) is 6.92 Å². The van der Waals surface area contributed by atoms with Crippen molar-refractivity contribution in [1.29, 1.82) is 0 Å². The second-order valence-electron chi connectivity index (χ2n) is 4.96. The second-order valence-corrected chi connectivity index (χ2v) is 4.96. The van der Waals surface area contributed by atoms with Gasteiger partial charge in [-0.3, -0.25) is 4.74 Å². The van der Waals surface area contributed by atoms with Crippen molar-refractivity contribution >= 4 is 0 Å². The summed E-state index contributed by atoms with van der Waals surface area (Å²) in [5, 5.41) is 9.96. The molecule has 2 rings (SSSR count). The fourth-order valence-corrected chi connectivity index (χ4v) is 2.79. The van der Waals surface area contributed by atoms with Gasteiger partial charge in [-0.15, -0.1) is 0 Å². The van der Waals surface area contributed by atoms with Crippen molar-refractivity contribution in [1.82, 2.24) is 0 Å². The van der Waals surface area contributed by atoms with Gasteiger partial charge in [0, 0.05) is 14.0 Å². The Morgan fingerprint density at radius 3 is 2.53 bits per heavy atom. The van der Waals surface area contributed by atoms with Gasteiger partial charge in [0.25, 0.3) is 0 Å². The molecule has 2 saturated heterocycles. The monoisotopic (exact) mass is 245 g/mol. The summed E-state index contributed by atoms with van der Waals surface area (Å²) in [5.74, 6) is -0.912. The average molecular weight is 245 g/mol. The maximum absolute atomic E-state index is 9.96. The molecule has 2 aliphatic heterocycles. The van der Waals surface area contributed by atoms with Crippen LogP contribution >= 0.6 is 0 Å². The minimum Gasteiger partial charge on any atom is -0.390 e. The number of rotatable bonds is 3. The number of hydrogen-bond donors (Lipinski definition) is 1. The van der Waals surface area contributed by atoms with E-state index in [1.165, 1.54) is 0 Å². The lowest BCUT2D eigenvalue weighted by atomic mass is 9.87. The van der Waals surface area contributed by atoms with E-state index in [-0.39, 0.29) is 12.2 Å². The largest absolute Gasteiger partial charge is 0.390 e. The first-order valence-corrected chi connectivity index (χ1v) is 5.96. The smallest absolute Gasteiger partial charge is 0.314 e. The van der Waals surface area contributed by atoms with Crippen molar-refractivity contribution in [3.63, 3.8) is 0 Å². The van der Waals surface area contributed by atoms with Crippen LogP contribution in [0.15, 0.2) is 0 Å². The molecule has 6 atom stereocenters. The zero-order chi connectivity index (χ0) is 12.8. The van der Waals surface area contributed by atoms with Crippen LogP contribution in [0.5, 0.6) is 0 Å². The molecule has 0 bridgehead atoms. The van der Waals surface area contributed by atoms with Gasteiger partial charge in [0.1, 0.15) is 24.7 Å². The number of aliphatic hydroxyl groups is 1. The Kier molecular flexibility index (Phi) is 3.16. The van der Waals surface area contributed by atoms with Gasteiger partial charge in [0.2, 0.25) is 0 Å². The van der Waals surface area contributed by atoms with E-state index in [9.17, 15) is 5.11 Å². The Morgan fingerprint density at radius 2 is 2.06 bits per heavy atom. The molecule has 5 nitrogen and oxygen atoms in total. The summed E-state index contributed by atoms with van der Waals surface area (Å²) in [6.07, 6.45) is -1.28. The molecule has 2 fully saturated rings. The van der Waals surface area contributed by atoms with Crippen LogP contribution in [0.4, 0.5) is 0 Å². The third-order valence-corrected chi connectivity index (χ3v) is 3.65. The molecule has 98 valence electrons. The van der Waals surface area contributed by atoms with Crippen LogP contribution in [0.2, 0.25) is 0 Å². The third kappa shape index (κ3) is 1.86. The highest BCUT2D eigenvalue weighted by molar-refractivity contribution is 5.06. The Balaban J connectivity index is 2.26. The zero-order valence-electron chi connectivity index (χ0n) is 10.8. The van der Waals surface area contributed by atoms with Crippen LogP contribution in [-0.4, -0.2) is 48.2 Å². The highest BCUT2D eigenvalue weighted by Crippen LogP contribution is 2.46. The number of hydrogen-bond acceptors (Lipinski definition) is 5. The molecule has 0 radical (unpaired) electrons. The summed E-state index contributed by atoms with van der Waals surface area (Å²) >= 11 is 0. The molecule has 2 aliphatic rings. The number of aliphatic hydroxyl groups excluding tert-OH is 1. The molecule has 0 spiro atoms. The lowest BCUT2D eigenvalue weighted by Gasteiger charge is -2.36. The zero-order valence-corrected chi connectivity index (χ0v) is 10.8. The van der Waals surface area contributed by atoms with Crippen molar-refractivity contribution in [2.24, 2.45) is 0 Å². The fraction of sp³-hybridized carbons (Fsp3) is 0.917. The molecule has 0 aliphatic carbocycles. The fourth-order valence-electron chi connectivity index (χ4n) is 2.79. The Hall–Kier alpha value is -0.330. The number of methoxy groups -OCH3 is 1. The van der Waals surface area contributed by atoms with E-state index in [1.54, 1.807) is 21.0 Å². The van der Waals surface area contributed by atoms with E-state index >= 15 is 0 Å². The summed E-state index contributed by atoms with van der Waals surface area (Å²) in [7, 11) is 1.59. The molecule has 0 aromatic carbocycles. The normalized spacial score (nSPS) is 51.5. The van der Waals surface area contributed by atoms with Crippen molar-refractivity contribution < 1.29 is 24.1 Å². The molecule has 0 aromatic rings. The first-order chi connectivity index (χ1) is 7.86. The molecule has 0 aromatic heterocycles. The highest BCUT2D eigenvalue weighted by Gasteiger charge is 2.65. The highest BCUT2D eigenvalue weighted by atomic mass is 16.8. The lowest BCUT2D eigenvalue weighted by molar-refractivity contribution is -0.251. The summed E-state index contributed by atoms with van der Waals surface area (Å²) in [6.45, 7) is 9.17. The molecule has 1 N–H and O–H groups in total. The van der Waals surface area contributed by atoms with Gasteiger partial charge < -0.3 is 19.3 Å². The first kappa shape index (κ1) is 13.1. The van der Waals surface area contributed by atoms with Crippen LogP contribution < -0.4 is 0 Å². The van der Waals surface area contributed by atoms with Crippen molar-refractivity contribution in [2.75, 3.05) is 7.11 Å². The predicted octanol–water partition coefficient (Wildman–Crippen LogP) is 0.853. The summed E-state index contributed by atoms with van der Waals surface area (Å²) in [5.41, 5.74) is -0.777. The predicted molar refractivity (Wildman–Crippen MR) is 60.1 cm³/mol. The summed E-state index contributed by atoms with van der Waals surface area (Å²) < 4.78 is 22.6. The minimum absolute atomic E-state index is 0.350. The van der Waals surface area contributed by atoms with Gasteiger partial charge in [-0.05, 0) is 13.3 Å². The minimum atomic E-state index is -0.912. The van der Waals surface area contributed by atoms with Gasteiger partial charge in [0.15, 0.2) is 6.29 Å². The van der Waals surface area contributed by atoms with Crippen molar-refractivity contribution in [3.8, 4) is 0 Å². The Bertz CT molecular complexity index is 291. The topological polar surface area (TPSA) is 57.2 Å². The molecule has 1 unspecified atom stereocenters. The van der Waals surface area contributed by atoms with Gasteiger partial charge in [-0.1, -0.05) is 6.92 Å². The maximum Gasteiger partial charge on any atom is 0.314 e. The molecule has 2 heterocycles. The maximum atomic E-state index is 9.96. The van der Waals surface area contributed by atoms with E-state index in [1.807, 2.05) is 6.92 Å². The van der Waals surface area contributed by atoms with Crippen molar-refractivity contribution in [2.45, 2.75) is 63.2 Å². The first-order valence-electron chi connectivity index (χ1n) is 5.96. The molecular weight excluding hydrogens is 224 g/mol. The van der Waals surface area contributed by atoms with Gasteiger partial charge in [-0.2, -0.15) is 0 Å². The molecule has 0 saturated carbocycles. The average Bonchev–Trinajstić information content (AvgIpc) is 2.66. The van der Waals surface area contributed by atoms with E-state index in [0.717, 1.165) is 0 Å². The summed E-state index contributed by atoms with van der Waals surface area (Å²) in [4.78, 5) is 0. The lowest BCUT2D eigenvalue weighted by Crippen LogP contribution is -2.52. The Morgan fingerprint density at radius 1 is 1.41 bits per heavy atom. The quantitative estimate of drug-likeness (QED) is 0.747. The van der Waals surface area contributed by atoms with E-state index in [0.29, 0.717) is 6.42 Å². The van der Waals surface area contributed by atoms with Gasteiger partial charge in [0.05, 0.1) is 6.10 Å². The molecule has 5 heteroatoms. The standard InChI is InChI=1S/C12H21O5/c1-6-12(7(2)13)9(14-5)8-10(17-12)16-11(3,4)15-8/h7-10,13H,3,6H2,1-2,4-5H3/q+1/t7-,8-,9-,10+,11?,12+/m1/s1. The third-order valence-electron chi connectivity index (χ3n) is 3.65. The van der Waals surface area contributed by atoms with Crippen molar-refractivity contribution in [3.05, 3.63) is 6.92 Å².